The Bertz CT molecular complexity index is 1170. The van der Waals surface area contributed by atoms with Crippen molar-refractivity contribution in [3.8, 4) is 11.5 Å². The van der Waals surface area contributed by atoms with E-state index in [1.165, 1.54) is 12.1 Å². The maximum atomic E-state index is 11.3. The Balaban J connectivity index is 0.000000235. The number of carbonyl (C=O) groups is 1. The lowest BCUT2D eigenvalue weighted by Crippen LogP contribution is -2.36. The number of allylic oxidation sites excluding steroid dienone is 2. The highest BCUT2D eigenvalue weighted by Gasteiger charge is 2.29. The van der Waals surface area contributed by atoms with Crippen LogP contribution in [-0.4, -0.2) is 32.3 Å². The number of benzene rings is 2. The molecule has 0 spiro atoms. The van der Waals surface area contributed by atoms with E-state index in [2.05, 4.69) is 0 Å². The maximum absolute atomic E-state index is 11.3. The molecule has 0 fully saturated rings. The largest absolute Gasteiger partial charge is 0.461 e. The van der Waals surface area contributed by atoms with Crippen LogP contribution in [0.5, 0.6) is 11.5 Å². The van der Waals surface area contributed by atoms with Gasteiger partial charge in [-0.3, -0.25) is 9.35 Å². The second kappa shape index (κ2) is 10.2. The molecule has 2 aromatic carbocycles. The summed E-state index contributed by atoms with van der Waals surface area (Å²) in [5, 5.41) is 0. The van der Waals surface area contributed by atoms with Crippen molar-refractivity contribution in [2.75, 3.05) is 13.4 Å². The molecule has 0 radical (unpaired) electrons. The highest BCUT2D eigenvalue weighted by atomic mass is 32.2. The molecule has 1 aliphatic heterocycles. The molecular weight excluding hydrogens is 446 g/mol. The van der Waals surface area contributed by atoms with Gasteiger partial charge >= 0.3 is 5.97 Å². The topological polar surface area (TPSA) is 125 Å². The molecule has 1 aliphatic carbocycles. The smallest absolute Gasteiger partial charge is 0.305 e. The van der Waals surface area contributed by atoms with Crippen LogP contribution in [0.25, 0.3) is 0 Å². The van der Waals surface area contributed by atoms with Crippen LogP contribution in [0.1, 0.15) is 30.9 Å². The lowest BCUT2D eigenvalue weighted by Gasteiger charge is -2.30. The fraction of sp³-hybridized carbons (Fsp3) is 0.292. The minimum Gasteiger partial charge on any atom is -0.461 e. The van der Waals surface area contributed by atoms with E-state index in [1.54, 1.807) is 19.1 Å². The first-order valence-electron chi connectivity index (χ1n) is 10.4. The Morgan fingerprint density at radius 3 is 2.52 bits per heavy atom. The number of nitrogens with two attached hydrogens (primary N) is 1. The van der Waals surface area contributed by atoms with Gasteiger partial charge in [-0.2, -0.15) is 8.42 Å². The summed E-state index contributed by atoms with van der Waals surface area (Å²) in [6, 6.07) is 11.7. The molecule has 2 aliphatic rings. The van der Waals surface area contributed by atoms with Crippen molar-refractivity contribution >= 4 is 16.1 Å². The number of hydrogen-bond acceptors (Lipinski definition) is 7. The van der Waals surface area contributed by atoms with Crippen LogP contribution in [0, 0.1) is 6.92 Å². The minimum atomic E-state index is -4.02. The van der Waals surface area contributed by atoms with Gasteiger partial charge in [0.1, 0.15) is 6.61 Å². The second-order valence-electron chi connectivity index (χ2n) is 7.77. The van der Waals surface area contributed by atoms with Gasteiger partial charge in [-0.15, -0.1) is 0 Å². The van der Waals surface area contributed by atoms with E-state index in [0.717, 1.165) is 22.4 Å². The van der Waals surface area contributed by atoms with E-state index in [4.69, 9.17) is 24.5 Å². The molecule has 2 aromatic rings. The molecule has 4 rings (SSSR count). The molecule has 0 bridgehead atoms. The van der Waals surface area contributed by atoms with E-state index in [0.29, 0.717) is 18.6 Å². The van der Waals surface area contributed by atoms with Crippen molar-refractivity contribution in [3.05, 3.63) is 77.4 Å². The van der Waals surface area contributed by atoms with Crippen LogP contribution in [0.15, 0.2) is 71.2 Å². The Morgan fingerprint density at radius 1 is 1.15 bits per heavy atom. The van der Waals surface area contributed by atoms with Crippen LogP contribution in [0.4, 0.5) is 0 Å². The fourth-order valence-electron chi connectivity index (χ4n) is 3.32. The monoisotopic (exact) mass is 473 g/mol. The number of carbonyl (C=O) groups excluding carboxylic acids is 1. The zero-order valence-electron chi connectivity index (χ0n) is 18.5. The third-order valence-electron chi connectivity index (χ3n) is 5.18. The predicted molar refractivity (Wildman–Crippen MR) is 123 cm³/mol. The third-order valence-corrected chi connectivity index (χ3v) is 6.05. The summed E-state index contributed by atoms with van der Waals surface area (Å²) >= 11 is 0. The van der Waals surface area contributed by atoms with Gasteiger partial charge in [0.05, 0.1) is 10.4 Å². The van der Waals surface area contributed by atoms with Gasteiger partial charge in [-0.05, 0) is 48.7 Å². The molecular formula is C24H27NO7S. The Morgan fingerprint density at radius 2 is 1.85 bits per heavy atom. The SMILES string of the molecule is CCC(=O)OCC1=CC=CC(N)(c2ccc3c(c2)OCO3)C1.Cc1ccc(S(=O)(=O)O)cc1. The van der Waals surface area contributed by atoms with Gasteiger partial charge in [-0.25, -0.2) is 0 Å². The quantitative estimate of drug-likeness (QED) is 0.498. The Hall–Kier alpha value is -3.14. The molecule has 0 saturated carbocycles. The van der Waals surface area contributed by atoms with Crippen molar-refractivity contribution in [1.29, 1.82) is 0 Å². The highest BCUT2D eigenvalue weighted by molar-refractivity contribution is 7.85. The fourth-order valence-corrected chi connectivity index (χ4v) is 3.80. The van der Waals surface area contributed by atoms with E-state index < -0.39 is 15.7 Å². The van der Waals surface area contributed by atoms with Gasteiger partial charge in [0, 0.05) is 6.42 Å². The van der Waals surface area contributed by atoms with Crippen molar-refractivity contribution in [2.24, 2.45) is 5.73 Å². The van der Waals surface area contributed by atoms with Crippen LogP contribution in [0.3, 0.4) is 0 Å². The van der Waals surface area contributed by atoms with Gasteiger partial charge in [-0.1, -0.05) is 48.9 Å². The molecule has 3 N–H and O–H groups in total. The Labute approximate surface area is 193 Å². The average molecular weight is 474 g/mol. The molecule has 176 valence electrons. The standard InChI is InChI=1S/C17H19NO4.C7H8O3S/c1-2-16(19)20-10-12-4-3-7-17(18,9-12)13-5-6-14-15(8-13)22-11-21-14;1-6-2-4-7(5-3-6)11(8,9)10/h3-8H,2,9-11,18H2,1H3;2-5H,1H3,(H,8,9,10). The summed E-state index contributed by atoms with van der Waals surface area (Å²) in [6.07, 6.45) is 6.78. The summed E-state index contributed by atoms with van der Waals surface area (Å²) in [5.74, 6) is 1.24. The molecule has 33 heavy (non-hydrogen) atoms. The molecule has 1 atom stereocenters. The van der Waals surface area contributed by atoms with E-state index in [1.807, 2.05) is 43.4 Å². The number of rotatable bonds is 5. The van der Waals surface area contributed by atoms with Gasteiger partial charge in [0.25, 0.3) is 10.1 Å². The molecule has 0 amide bonds. The van der Waals surface area contributed by atoms with Crippen LogP contribution < -0.4 is 15.2 Å². The summed E-state index contributed by atoms with van der Waals surface area (Å²) < 4.78 is 45.5. The van der Waals surface area contributed by atoms with Crippen LogP contribution in [-0.2, 0) is 25.2 Å². The zero-order chi connectivity index (χ0) is 24.1. The number of esters is 1. The van der Waals surface area contributed by atoms with Crippen molar-refractivity contribution in [1.82, 2.24) is 0 Å². The molecule has 0 aromatic heterocycles. The summed E-state index contributed by atoms with van der Waals surface area (Å²) in [7, 11) is -4.02. The average Bonchev–Trinajstić information content (AvgIpc) is 3.26. The summed E-state index contributed by atoms with van der Waals surface area (Å²) in [6.45, 7) is 4.13. The first-order chi connectivity index (χ1) is 15.6. The van der Waals surface area contributed by atoms with Gasteiger partial charge < -0.3 is 19.9 Å². The minimum absolute atomic E-state index is 0.0666. The summed E-state index contributed by atoms with van der Waals surface area (Å²) in [4.78, 5) is 11.2. The summed E-state index contributed by atoms with van der Waals surface area (Å²) in [5.41, 5.74) is 8.80. The second-order valence-corrected chi connectivity index (χ2v) is 9.19. The van der Waals surface area contributed by atoms with Crippen molar-refractivity contribution in [3.63, 3.8) is 0 Å². The molecule has 8 nitrogen and oxygen atoms in total. The number of aryl methyl sites for hydroxylation is 1. The lowest BCUT2D eigenvalue weighted by molar-refractivity contribution is -0.142. The van der Waals surface area contributed by atoms with Crippen molar-refractivity contribution in [2.45, 2.75) is 37.1 Å². The molecule has 9 heteroatoms. The normalized spacial score (nSPS) is 18.7. The predicted octanol–water partition coefficient (Wildman–Crippen LogP) is 3.65. The highest BCUT2D eigenvalue weighted by Crippen LogP contribution is 2.38. The molecule has 1 heterocycles. The first-order valence-corrected chi connectivity index (χ1v) is 11.8. The van der Waals surface area contributed by atoms with Crippen molar-refractivity contribution < 1.29 is 32.0 Å². The van der Waals surface area contributed by atoms with E-state index in [-0.39, 0.29) is 24.3 Å². The number of hydrogen-bond donors (Lipinski definition) is 2. The Kier molecular flexibility index (Phi) is 7.57. The molecule has 0 saturated heterocycles. The third kappa shape index (κ3) is 6.44. The van der Waals surface area contributed by atoms with Crippen LogP contribution >= 0.6 is 0 Å². The van der Waals surface area contributed by atoms with E-state index in [9.17, 15) is 13.2 Å². The maximum Gasteiger partial charge on any atom is 0.305 e. The lowest BCUT2D eigenvalue weighted by atomic mass is 9.81. The van der Waals surface area contributed by atoms with E-state index >= 15 is 0 Å². The zero-order valence-corrected chi connectivity index (χ0v) is 19.3. The number of fused-ring (bicyclic) bond motifs is 1. The first kappa shape index (κ1) is 24.5. The van der Waals surface area contributed by atoms with Crippen LogP contribution in [0.2, 0.25) is 0 Å². The van der Waals surface area contributed by atoms with Gasteiger partial charge in [0.2, 0.25) is 6.79 Å². The number of ether oxygens (including phenoxy) is 3. The molecule has 1 unspecified atom stereocenters. The van der Waals surface area contributed by atoms with Gasteiger partial charge in [0.15, 0.2) is 11.5 Å².